The van der Waals surface area contributed by atoms with Gasteiger partial charge in [0, 0.05) is 6.04 Å². The topological polar surface area (TPSA) is 58.6 Å². The molecule has 3 rings (SSSR count). The van der Waals surface area contributed by atoms with Crippen LogP contribution in [0, 0.1) is 11.3 Å². The normalized spacial score (nSPS) is 29.0. The molecular formula is C17H29NO3. The summed E-state index contributed by atoms with van der Waals surface area (Å²) in [6, 6.07) is 0.399. The molecule has 0 aromatic heterocycles. The molecule has 0 bridgehead atoms. The quantitative estimate of drug-likeness (QED) is 0.758. The van der Waals surface area contributed by atoms with Crippen molar-refractivity contribution in [3.8, 4) is 0 Å². The van der Waals surface area contributed by atoms with Gasteiger partial charge in [-0.25, -0.2) is 0 Å². The van der Waals surface area contributed by atoms with E-state index in [1.807, 2.05) is 0 Å². The van der Waals surface area contributed by atoms with Crippen LogP contribution in [0.15, 0.2) is 0 Å². The SMILES string of the molecule is CC1(C)CCC(OCC(NC2CC2)(C(=O)O)C2CC2)CC1. The first-order valence-electron chi connectivity index (χ1n) is 8.54. The van der Waals surface area contributed by atoms with E-state index in [1.165, 1.54) is 12.8 Å². The van der Waals surface area contributed by atoms with Crippen molar-refractivity contribution in [2.45, 2.75) is 82.9 Å². The first kappa shape index (κ1) is 15.3. The smallest absolute Gasteiger partial charge is 0.326 e. The summed E-state index contributed by atoms with van der Waals surface area (Å²) in [6.45, 7) is 4.96. The van der Waals surface area contributed by atoms with Crippen molar-refractivity contribution >= 4 is 5.97 Å². The van der Waals surface area contributed by atoms with E-state index in [-0.39, 0.29) is 12.0 Å². The average Bonchev–Trinajstić information content (AvgIpc) is 3.27. The fraction of sp³-hybridized carbons (Fsp3) is 0.941. The summed E-state index contributed by atoms with van der Waals surface area (Å²) in [5.74, 6) is -0.455. The minimum Gasteiger partial charge on any atom is -0.480 e. The third-order valence-corrected chi connectivity index (χ3v) is 5.53. The zero-order valence-electron chi connectivity index (χ0n) is 13.4. The molecular weight excluding hydrogens is 266 g/mol. The van der Waals surface area contributed by atoms with Crippen LogP contribution in [0.2, 0.25) is 0 Å². The minimum absolute atomic E-state index is 0.247. The molecule has 3 aliphatic carbocycles. The highest BCUT2D eigenvalue weighted by Crippen LogP contribution is 2.43. The highest BCUT2D eigenvalue weighted by atomic mass is 16.5. The fourth-order valence-corrected chi connectivity index (χ4v) is 3.53. The maximum Gasteiger partial charge on any atom is 0.326 e. The Hall–Kier alpha value is -0.610. The predicted molar refractivity (Wildman–Crippen MR) is 81.2 cm³/mol. The van der Waals surface area contributed by atoms with Gasteiger partial charge in [0.05, 0.1) is 12.7 Å². The van der Waals surface area contributed by atoms with Crippen molar-refractivity contribution in [3.63, 3.8) is 0 Å². The summed E-state index contributed by atoms with van der Waals surface area (Å²) in [6.07, 6.45) is 9.00. The van der Waals surface area contributed by atoms with Crippen molar-refractivity contribution < 1.29 is 14.6 Å². The van der Waals surface area contributed by atoms with Gasteiger partial charge in [0.15, 0.2) is 0 Å². The van der Waals surface area contributed by atoms with E-state index in [0.717, 1.165) is 38.5 Å². The monoisotopic (exact) mass is 295 g/mol. The largest absolute Gasteiger partial charge is 0.480 e. The molecule has 2 N–H and O–H groups in total. The van der Waals surface area contributed by atoms with Crippen LogP contribution in [-0.2, 0) is 9.53 Å². The summed E-state index contributed by atoms with van der Waals surface area (Å²) in [7, 11) is 0. The van der Waals surface area contributed by atoms with Gasteiger partial charge in [-0.2, -0.15) is 0 Å². The molecule has 0 saturated heterocycles. The van der Waals surface area contributed by atoms with E-state index in [9.17, 15) is 9.90 Å². The Kier molecular flexibility index (Phi) is 4.04. The van der Waals surface area contributed by atoms with Crippen LogP contribution in [0.25, 0.3) is 0 Å². The Morgan fingerprint density at radius 2 is 1.81 bits per heavy atom. The molecule has 1 atom stereocenters. The van der Waals surface area contributed by atoms with Crippen molar-refractivity contribution in [3.05, 3.63) is 0 Å². The molecule has 3 saturated carbocycles. The number of carbonyl (C=O) groups is 1. The molecule has 0 spiro atoms. The van der Waals surface area contributed by atoms with Crippen molar-refractivity contribution in [2.75, 3.05) is 6.61 Å². The van der Waals surface area contributed by atoms with Gasteiger partial charge in [0.1, 0.15) is 5.54 Å². The number of ether oxygens (including phenoxy) is 1. The van der Waals surface area contributed by atoms with E-state index in [4.69, 9.17) is 4.74 Å². The number of carboxylic acids is 1. The van der Waals surface area contributed by atoms with Gasteiger partial charge < -0.3 is 9.84 Å². The molecule has 3 fully saturated rings. The molecule has 0 aliphatic heterocycles. The number of aliphatic carboxylic acids is 1. The summed E-state index contributed by atoms with van der Waals surface area (Å²) in [5, 5.41) is 13.2. The van der Waals surface area contributed by atoms with Crippen molar-refractivity contribution in [1.29, 1.82) is 0 Å². The van der Waals surface area contributed by atoms with E-state index >= 15 is 0 Å². The second kappa shape index (κ2) is 5.54. The van der Waals surface area contributed by atoms with Crippen LogP contribution in [0.4, 0.5) is 0 Å². The number of carboxylic acid groups (broad SMARTS) is 1. The zero-order valence-corrected chi connectivity index (χ0v) is 13.4. The molecule has 4 heteroatoms. The zero-order chi connectivity index (χ0) is 15.1. The number of nitrogens with one attached hydrogen (secondary N) is 1. The van der Waals surface area contributed by atoms with Gasteiger partial charge in [-0.1, -0.05) is 13.8 Å². The molecule has 0 aromatic carbocycles. The summed E-state index contributed by atoms with van der Waals surface area (Å²) in [5.41, 5.74) is -0.402. The summed E-state index contributed by atoms with van der Waals surface area (Å²) < 4.78 is 6.09. The van der Waals surface area contributed by atoms with Gasteiger partial charge in [-0.15, -0.1) is 0 Å². The molecule has 3 aliphatic rings. The van der Waals surface area contributed by atoms with Gasteiger partial charge in [0.2, 0.25) is 0 Å². The molecule has 0 aromatic rings. The molecule has 4 nitrogen and oxygen atoms in total. The van der Waals surface area contributed by atoms with Crippen LogP contribution in [-0.4, -0.2) is 35.4 Å². The number of rotatable bonds is 7. The third-order valence-electron chi connectivity index (χ3n) is 5.53. The third kappa shape index (κ3) is 3.59. The molecule has 0 amide bonds. The Bertz CT molecular complexity index is 391. The highest BCUT2D eigenvalue weighted by Gasteiger charge is 2.53. The maximum absolute atomic E-state index is 11.9. The number of hydrogen-bond acceptors (Lipinski definition) is 3. The Balaban J connectivity index is 1.58. The van der Waals surface area contributed by atoms with Crippen molar-refractivity contribution in [1.82, 2.24) is 5.32 Å². The fourth-order valence-electron chi connectivity index (χ4n) is 3.53. The summed E-state index contributed by atoms with van der Waals surface area (Å²) >= 11 is 0. The molecule has 120 valence electrons. The molecule has 1 unspecified atom stereocenters. The first-order valence-corrected chi connectivity index (χ1v) is 8.54. The Morgan fingerprint density at radius 3 is 2.29 bits per heavy atom. The first-order chi connectivity index (χ1) is 9.91. The lowest BCUT2D eigenvalue weighted by atomic mass is 9.76. The van der Waals surface area contributed by atoms with Crippen LogP contribution >= 0.6 is 0 Å². The molecule has 21 heavy (non-hydrogen) atoms. The highest BCUT2D eigenvalue weighted by molar-refractivity contribution is 5.80. The van der Waals surface area contributed by atoms with Crippen LogP contribution < -0.4 is 5.32 Å². The lowest BCUT2D eigenvalue weighted by molar-refractivity contribution is -0.151. The van der Waals surface area contributed by atoms with Crippen LogP contribution in [0.3, 0.4) is 0 Å². The van der Waals surface area contributed by atoms with Crippen molar-refractivity contribution in [2.24, 2.45) is 11.3 Å². The van der Waals surface area contributed by atoms with E-state index in [1.54, 1.807) is 0 Å². The second-order valence-corrected chi connectivity index (χ2v) is 8.14. The van der Waals surface area contributed by atoms with Crippen LogP contribution in [0.5, 0.6) is 0 Å². The lowest BCUT2D eigenvalue weighted by Gasteiger charge is -2.37. The van der Waals surface area contributed by atoms with E-state index in [2.05, 4.69) is 19.2 Å². The lowest BCUT2D eigenvalue weighted by Crippen LogP contribution is -2.59. The van der Waals surface area contributed by atoms with Gasteiger partial charge in [-0.3, -0.25) is 10.1 Å². The minimum atomic E-state index is -0.825. The molecule has 0 radical (unpaired) electrons. The maximum atomic E-state index is 11.9. The Labute approximate surface area is 127 Å². The van der Waals surface area contributed by atoms with Gasteiger partial charge >= 0.3 is 5.97 Å². The van der Waals surface area contributed by atoms with Gasteiger partial charge in [-0.05, 0) is 62.7 Å². The predicted octanol–water partition coefficient (Wildman–Crippen LogP) is 2.96. The van der Waals surface area contributed by atoms with E-state index in [0.29, 0.717) is 18.1 Å². The summed E-state index contributed by atoms with van der Waals surface area (Å²) in [4.78, 5) is 11.9. The number of hydrogen-bond donors (Lipinski definition) is 2. The standard InChI is InChI=1S/C17H29NO3/c1-16(2)9-7-14(8-10-16)21-11-17(15(19)20,12-3-4-12)18-13-5-6-13/h12-14,18H,3-11H2,1-2H3,(H,19,20). The average molecular weight is 295 g/mol. The van der Waals surface area contributed by atoms with E-state index < -0.39 is 11.5 Å². The van der Waals surface area contributed by atoms with Gasteiger partial charge in [0.25, 0.3) is 0 Å². The molecule has 0 heterocycles. The second-order valence-electron chi connectivity index (χ2n) is 8.14. The Morgan fingerprint density at radius 1 is 1.19 bits per heavy atom. The van der Waals surface area contributed by atoms with Crippen LogP contribution in [0.1, 0.15) is 65.2 Å².